The van der Waals surface area contributed by atoms with Gasteiger partial charge < -0.3 is 5.11 Å². The fourth-order valence-corrected chi connectivity index (χ4v) is 2.23. The number of hydrogen-bond donors (Lipinski definition) is 2. The summed E-state index contributed by atoms with van der Waals surface area (Å²) in [7, 11) is 0. The van der Waals surface area contributed by atoms with Crippen molar-refractivity contribution >= 4 is 18.2 Å². The van der Waals surface area contributed by atoms with Crippen LogP contribution < -0.4 is 5.32 Å². The van der Waals surface area contributed by atoms with Crippen molar-refractivity contribution in [1.82, 2.24) is 10.3 Å². The normalized spacial score (nSPS) is 18.0. The fourth-order valence-electron chi connectivity index (χ4n) is 2.23. The quantitative estimate of drug-likeness (QED) is 0.671. The zero-order chi connectivity index (χ0) is 15.5. The zero-order valence-electron chi connectivity index (χ0n) is 11.5. The van der Waals surface area contributed by atoms with Gasteiger partial charge in [0.1, 0.15) is 5.75 Å². The van der Waals surface area contributed by atoms with Crippen molar-refractivity contribution in [1.29, 1.82) is 0 Å². The van der Waals surface area contributed by atoms with E-state index in [1.807, 2.05) is 6.07 Å². The molecule has 1 fully saturated rings. The first-order valence-electron chi connectivity index (χ1n) is 6.68. The van der Waals surface area contributed by atoms with Gasteiger partial charge in [0, 0.05) is 5.56 Å². The molecule has 1 saturated heterocycles. The first-order chi connectivity index (χ1) is 10.7. The van der Waals surface area contributed by atoms with Gasteiger partial charge >= 0.3 is 6.03 Å². The molecule has 110 valence electrons. The number of para-hydroxylation sites is 1. The van der Waals surface area contributed by atoms with Crippen molar-refractivity contribution in [2.75, 3.05) is 0 Å². The highest BCUT2D eigenvalue weighted by Crippen LogP contribution is 2.26. The molecule has 1 aliphatic rings. The molecule has 6 nitrogen and oxygen atoms in total. The number of phenolic OH excluding ortho intramolecular Hbond substituents is 1. The highest BCUT2D eigenvalue weighted by molar-refractivity contribution is 6.04. The Labute approximate surface area is 126 Å². The lowest BCUT2D eigenvalue weighted by Gasteiger charge is -2.16. The predicted octanol–water partition coefficient (Wildman–Crippen LogP) is 2.02. The Morgan fingerprint density at radius 2 is 1.73 bits per heavy atom. The van der Waals surface area contributed by atoms with Crippen molar-refractivity contribution in [2.24, 2.45) is 5.10 Å². The van der Waals surface area contributed by atoms with Gasteiger partial charge in [-0.2, -0.15) is 10.1 Å². The summed E-state index contributed by atoms with van der Waals surface area (Å²) in [6.07, 6.45) is 1.35. The molecule has 1 atom stereocenters. The van der Waals surface area contributed by atoms with E-state index in [0.29, 0.717) is 11.1 Å². The molecule has 0 spiro atoms. The third-order valence-corrected chi connectivity index (χ3v) is 3.30. The summed E-state index contributed by atoms with van der Waals surface area (Å²) in [5.74, 6) is -0.376. The number of hydrogen-bond acceptors (Lipinski definition) is 4. The number of rotatable bonds is 3. The fraction of sp³-hybridized carbons (Fsp3) is 0.0625. The van der Waals surface area contributed by atoms with E-state index in [1.54, 1.807) is 42.5 Å². The molecule has 0 radical (unpaired) electrons. The number of imide groups is 1. The number of carbonyl (C=O) groups excluding carboxylic acids is 2. The van der Waals surface area contributed by atoms with Gasteiger partial charge in [0.05, 0.1) is 6.21 Å². The van der Waals surface area contributed by atoms with Gasteiger partial charge in [-0.3, -0.25) is 10.1 Å². The zero-order valence-corrected chi connectivity index (χ0v) is 11.5. The topological polar surface area (TPSA) is 82.0 Å². The van der Waals surface area contributed by atoms with E-state index in [1.165, 1.54) is 12.3 Å². The standard InChI is InChI=1S/C16H13N3O3/c20-13-9-5-4-8-12(13)10-17-19-14(15(21)18-16(19)22)11-6-2-1-3-7-11/h1-10,14,20H,(H,18,21,22)/b17-10+. The third-order valence-electron chi connectivity index (χ3n) is 3.30. The summed E-state index contributed by atoms with van der Waals surface area (Å²) in [4.78, 5) is 23.9. The van der Waals surface area contributed by atoms with Gasteiger partial charge in [0.25, 0.3) is 5.91 Å². The molecule has 1 aliphatic heterocycles. The lowest BCUT2D eigenvalue weighted by molar-refractivity contribution is -0.121. The van der Waals surface area contributed by atoms with Crippen LogP contribution >= 0.6 is 0 Å². The molecular weight excluding hydrogens is 282 g/mol. The first kappa shape index (κ1) is 13.8. The molecule has 2 aromatic carbocycles. The summed E-state index contributed by atoms with van der Waals surface area (Å²) < 4.78 is 0. The van der Waals surface area contributed by atoms with Crippen LogP contribution in [0.3, 0.4) is 0 Å². The number of phenols is 1. The predicted molar refractivity (Wildman–Crippen MR) is 80.3 cm³/mol. The number of aromatic hydroxyl groups is 1. The lowest BCUT2D eigenvalue weighted by Crippen LogP contribution is -2.24. The number of nitrogens with zero attached hydrogens (tertiary/aromatic N) is 2. The van der Waals surface area contributed by atoms with Crippen LogP contribution in [-0.4, -0.2) is 28.3 Å². The van der Waals surface area contributed by atoms with E-state index in [9.17, 15) is 14.7 Å². The van der Waals surface area contributed by atoms with Crippen molar-refractivity contribution in [3.8, 4) is 5.75 Å². The summed E-state index contributed by atoms with van der Waals surface area (Å²) in [6.45, 7) is 0. The van der Waals surface area contributed by atoms with E-state index in [0.717, 1.165) is 5.01 Å². The molecule has 3 rings (SSSR count). The van der Waals surface area contributed by atoms with Crippen molar-refractivity contribution in [2.45, 2.75) is 6.04 Å². The molecule has 2 aromatic rings. The van der Waals surface area contributed by atoms with Gasteiger partial charge in [0.2, 0.25) is 0 Å². The molecule has 1 unspecified atom stereocenters. The maximum Gasteiger partial charge on any atom is 0.345 e. The molecule has 6 heteroatoms. The Morgan fingerprint density at radius 3 is 2.45 bits per heavy atom. The van der Waals surface area contributed by atoms with Crippen LogP contribution in [0.4, 0.5) is 4.79 Å². The average molecular weight is 295 g/mol. The molecular formula is C16H13N3O3. The van der Waals surface area contributed by atoms with Gasteiger partial charge in [-0.1, -0.05) is 42.5 Å². The Kier molecular flexibility index (Phi) is 3.57. The van der Waals surface area contributed by atoms with Crippen molar-refractivity contribution < 1.29 is 14.7 Å². The Hall–Kier alpha value is -3.15. The molecule has 1 heterocycles. The number of benzene rings is 2. The Balaban J connectivity index is 1.92. The SMILES string of the molecule is O=C1NC(=O)N(/N=C/c2ccccc2O)C1c1ccccc1. The molecule has 0 bridgehead atoms. The molecule has 0 aliphatic carbocycles. The summed E-state index contributed by atoms with van der Waals surface area (Å²) >= 11 is 0. The molecule has 2 N–H and O–H groups in total. The first-order valence-corrected chi connectivity index (χ1v) is 6.68. The Bertz CT molecular complexity index is 743. The number of amides is 3. The highest BCUT2D eigenvalue weighted by atomic mass is 16.3. The van der Waals surface area contributed by atoms with Crippen molar-refractivity contribution in [3.63, 3.8) is 0 Å². The van der Waals surface area contributed by atoms with Gasteiger partial charge in [0.15, 0.2) is 6.04 Å². The van der Waals surface area contributed by atoms with Crippen LogP contribution in [0, 0.1) is 0 Å². The maximum absolute atomic E-state index is 12.0. The molecule has 0 saturated carbocycles. The Morgan fingerprint density at radius 1 is 1.05 bits per heavy atom. The summed E-state index contributed by atoms with van der Waals surface area (Å²) in [6, 6.07) is 14.1. The van der Waals surface area contributed by atoms with Crippen LogP contribution in [0.25, 0.3) is 0 Å². The number of urea groups is 1. The van der Waals surface area contributed by atoms with Crippen LogP contribution in [0.2, 0.25) is 0 Å². The lowest BCUT2D eigenvalue weighted by atomic mass is 10.1. The minimum absolute atomic E-state index is 0.0495. The third kappa shape index (κ3) is 2.54. The number of carbonyl (C=O) groups is 2. The second kappa shape index (κ2) is 5.69. The second-order valence-electron chi connectivity index (χ2n) is 4.76. The minimum atomic E-state index is -0.809. The maximum atomic E-state index is 12.0. The van der Waals surface area contributed by atoms with Gasteiger partial charge in [-0.15, -0.1) is 0 Å². The van der Waals surface area contributed by atoms with E-state index in [-0.39, 0.29) is 5.75 Å². The van der Waals surface area contributed by atoms with Crippen LogP contribution in [-0.2, 0) is 4.79 Å². The molecule has 0 aromatic heterocycles. The van der Waals surface area contributed by atoms with E-state index in [4.69, 9.17) is 0 Å². The van der Waals surface area contributed by atoms with E-state index >= 15 is 0 Å². The smallest absolute Gasteiger partial charge is 0.345 e. The average Bonchev–Trinajstić information content (AvgIpc) is 2.81. The number of nitrogens with one attached hydrogen (secondary N) is 1. The van der Waals surface area contributed by atoms with E-state index in [2.05, 4.69) is 10.4 Å². The monoisotopic (exact) mass is 295 g/mol. The molecule has 22 heavy (non-hydrogen) atoms. The van der Waals surface area contributed by atoms with Gasteiger partial charge in [-0.25, -0.2) is 4.79 Å². The van der Waals surface area contributed by atoms with Gasteiger partial charge in [-0.05, 0) is 17.7 Å². The van der Waals surface area contributed by atoms with E-state index < -0.39 is 18.0 Å². The van der Waals surface area contributed by atoms with Crippen LogP contribution in [0.1, 0.15) is 17.2 Å². The largest absolute Gasteiger partial charge is 0.507 e. The van der Waals surface area contributed by atoms with Crippen LogP contribution in [0.15, 0.2) is 59.7 Å². The summed E-state index contributed by atoms with van der Waals surface area (Å²) in [5, 5.41) is 17.1. The number of hydrazone groups is 1. The van der Waals surface area contributed by atoms with Crippen molar-refractivity contribution in [3.05, 3.63) is 65.7 Å². The second-order valence-corrected chi connectivity index (χ2v) is 4.76. The molecule has 3 amide bonds. The van der Waals surface area contributed by atoms with Crippen LogP contribution in [0.5, 0.6) is 5.75 Å². The minimum Gasteiger partial charge on any atom is -0.507 e. The highest BCUT2D eigenvalue weighted by Gasteiger charge is 2.39. The summed E-state index contributed by atoms with van der Waals surface area (Å²) in [5.41, 5.74) is 1.13.